The fourth-order valence-electron chi connectivity index (χ4n) is 0.964. The van der Waals surface area contributed by atoms with E-state index >= 15 is 0 Å². The van der Waals surface area contributed by atoms with Crippen LogP contribution in [0.2, 0.25) is 0 Å². The fraction of sp³-hybridized carbons (Fsp3) is 0.250. The highest BCUT2D eigenvalue weighted by atomic mass is 79.9. The van der Waals surface area contributed by atoms with Gasteiger partial charge in [0.05, 0.1) is 0 Å². The van der Waals surface area contributed by atoms with Gasteiger partial charge in [-0.1, -0.05) is 27.6 Å². The largest absolute Gasteiger partial charge is 0.264 e. The molecule has 0 bridgehead atoms. The van der Waals surface area contributed by atoms with Gasteiger partial charge in [-0.3, -0.25) is 10.1 Å². The van der Waals surface area contributed by atoms with Crippen molar-refractivity contribution in [3.8, 4) is 0 Å². The molecule has 0 aliphatic rings. The van der Waals surface area contributed by atoms with E-state index in [1.807, 2.05) is 25.1 Å². The summed E-state index contributed by atoms with van der Waals surface area (Å²) in [6.07, 6.45) is 0. The third kappa shape index (κ3) is 2.30. The number of rotatable bonds is 2. The Hall–Kier alpha value is -0.900. The van der Waals surface area contributed by atoms with Crippen molar-refractivity contribution in [3.05, 3.63) is 43.9 Å². The number of benzene rings is 1. The maximum Gasteiger partial charge on any atom is 0.230 e. The second-order valence-corrected chi connectivity index (χ2v) is 3.44. The van der Waals surface area contributed by atoms with Crippen LogP contribution < -0.4 is 0 Å². The van der Waals surface area contributed by atoms with Gasteiger partial charge in [0.2, 0.25) is 6.54 Å². The molecule has 64 valence electrons. The first kappa shape index (κ1) is 9.19. The Labute approximate surface area is 78.7 Å². The van der Waals surface area contributed by atoms with E-state index in [9.17, 15) is 10.1 Å². The average Bonchev–Trinajstić information content (AvgIpc) is 1.96. The van der Waals surface area contributed by atoms with Crippen LogP contribution >= 0.6 is 15.9 Å². The van der Waals surface area contributed by atoms with Crippen molar-refractivity contribution >= 4 is 15.9 Å². The van der Waals surface area contributed by atoms with E-state index in [4.69, 9.17) is 0 Å². The molecule has 12 heavy (non-hydrogen) atoms. The fourth-order valence-corrected chi connectivity index (χ4v) is 1.34. The van der Waals surface area contributed by atoms with Gasteiger partial charge < -0.3 is 0 Å². The standard InChI is InChI=1S/C8H8BrNO2/c1-6-2-3-8(9)7(4-6)5-10(11)12/h2-4H,5H2,1H3. The summed E-state index contributed by atoms with van der Waals surface area (Å²) in [4.78, 5) is 9.88. The molecule has 1 rings (SSSR count). The zero-order chi connectivity index (χ0) is 9.14. The second-order valence-electron chi connectivity index (χ2n) is 2.59. The summed E-state index contributed by atoms with van der Waals surface area (Å²) in [6.45, 7) is 1.79. The lowest BCUT2D eigenvalue weighted by molar-refractivity contribution is -0.497. The second kappa shape index (κ2) is 3.67. The highest BCUT2D eigenvalue weighted by Gasteiger charge is 2.05. The van der Waals surface area contributed by atoms with Crippen molar-refractivity contribution in [3.63, 3.8) is 0 Å². The van der Waals surface area contributed by atoms with Crippen LogP contribution in [0.3, 0.4) is 0 Å². The molecule has 0 aliphatic carbocycles. The Kier molecular flexibility index (Phi) is 2.81. The van der Waals surface area contributed by atoms with Crippen molar-refractivity contribution in [2.24, 2.45) is 0 Å². The highest BCUT2D eigenvalue weighted by Crippen LogP contribution is 2.18. The Morgan fingerprint density at radius 3 is 2.83 bits per heavy atom. The van der Waals surface area contributed by atoms with Crippen molar-refractivity contribution < 1.29 is 4.92 Å². The lowest BCUT2D eigenvalue weighted by Crippen LogP contribution is -1.99. The molecule has 0 unspecified atom stereocenters. The predicted octanol–water partition coefficient (Wildman–Crippen LogP) is 2.53. The number of halogens is 1. The van der Waals surface area contributed by atoms with Crippen LogP contribution in [0, 0.1) is 17.0 Å². The van der Waals surface area contributed by atoms with E-state index in [-0.39, 0.29) is 11.5 Å². The maximum atomic E-state index is 10.2. The first-order chi connectivity index (χ1) is 5.59. The molecule has 0 aromatic heterocycles. The van der Waals surface area contributed by atoms with Crippen LogP contribution in [0.25, 0.3) is 0 Å². The van der Waals surface area contributed by atoms with Crippen molar-refractivity contribution in [2.75, 3.05) is 0 Å². The van der Waals surface area contributed by atoms with Gasteiger partial charge in [0.25, 0.3) is 0 Å². The van der Waals surface area contributed by atoms with Gasteiger partial charge in [-0.2, -0.15) is 0 Å². The van der Waals surface area contributed by atoms with Crippen molar-refractivity contribution in [1.29, 1.82) is 0 Å². The van der Waals surface area contributed by atoms with Gasteiger partial charge in [0.1, 0.15) is 0 Å². The van der Waals surface area contributed by atoms with Gasteiger partial charge in [0, 0.05) is 15.0 Å². The predicted molar refractivity (Wildman–Crippen MR) is 49.6 cm³/mol. The summed E-state index contributed by atoms with van der Waals surface area (Å²) in [5, 5.41) is 10.2. The van der Waals surface area contributed by atoms with E-state index in [1.165, 1.54) is 0 Å². The Morgan fingerprint density at radius 2 is 2.25 bits per heavy atom. The maximum absolute atomic E-state index is 10.2. The number of nitro groups is 1. The third-order valence-corrected chi connectivity index (χ3v) is 2.27. The first-order valence-electron chi connectivity index (χ1n) is 3.46. The molecule has 0 spiro atoms. The van der Waals surface area contributed by atoms with E-state index in [0.29, 0.717) is 0 Å². The van der Waals surface area contributed by atoms with Gasteiger partial charge in [-0.05, 0) is 19.1 Å². The molecule has 1 aromatic carbocycles. The number of hydrogen-bond acceptors (Lipinski definition) is 2. The summed E-state index contributed by atoms with van der Waals surface area (Å²) >= 11 is 3.25. The van der Waals surface area contributed by atoms with Gasteiger partial charge in [-0.25, -0.2) is 0 Å². The van der Waals surface area contributed by atoms with Crippen molar-refractivity contribution in [2.45, 2.75) is 13.5 Å². The quantitative estimate of drug-likeness (QED) is 0.578. The summed E-state index contributed by atoms with van der Waals surface area (Å²) in [7, 11) is 0. The Bertz CT molecular complexity index is 312. The number of nitrogens with zero attached hydrogens (tertiary/aromatic N) is 1. The van der Waals surface area contributed by atoms with E-state index < -0.39 is 0 Å². The number of hydrogen-bond donors (Lipinski definition) is 0. The topological polar surface area (TPSA) is 43.1 Å². The minimum Gasteiger partial charge on any atom is -0.264 e. The minimum atomic E-state index is -0.334. The van der Waals surface area contributed by atoms with Gasteiger partial charge in [-0.15, -0.1) is 0 Å². The zero-order valence-electron chi connectivity index (χ0n) is 6.58. The molecule has 0 heterocycles. The van der Waals surface area contributed by atoms with Gasteiger partial charge >= 0.3 is 0 Å². The molecular weight excluding hydrogens is 222 g/mol. The molecule has 0 aliphatic heterocycles. The molecule has 0 radical (unpaired) electrons. The zero-order valence-corrected chi connectivity index (χ0v) is 8.17. The first-order valence-corrected chi connectivity index (χ1v) is 4.25. The molecule has 0 N–H and O–H groups in total. The average molecular weight is 230 g/mol. The molecule has 0 atom stereocenters. The molecule has 3 nitrogen and oxygen atoms in total. The summed E-state index contributed by atoms with van der Waals surface area (Å²) in [5.74, 6) is 0. The summed E-state index contributed by atoms with van der Waals surface area (Å²) in [5.41, 5.74) is 1.76. The summed E-state index contributed by atoms with van der Waals surface area (Å²) < 4.78 is 0.796. The molecule has 0 amide bonds. The Morgan fingerprint density at radius 1 is 1.58 bits per heavy atom. The molecule has 0 saturated heterocycles. The van der Waals surface area contributed by atoms with E-state index in [1.54, 1.807) is 0 Å². The normalized spacial score (nSPS) is 9.83. The minimum absolute atomic E-state index is 0.123. The Balaban J connectivity index is 2.97. The molecule has 0 fully saturated rings. The molecule has 4 heteroatoms. The lowest BCUT2D eigenvalue weighted by atomic mass is 10.1. The third-order valence-electron chi connectivity index (χ3n) is 1.50. The molecule has 0 saturated carbocycles. The number of aryl methyl sites for hydroxylation is 1. The highest BCUT2D eigenvalue weighted by molar-refractivity contribution is 9.10. The molecule has 1 aromatic rings. The van der Waals surface area contributed by atoms with E-state index in [0.717, 1.165) is 15.6 Å². The molecular formula is C8H8BrNO2. The SMILES string of the molecule is Cc1ccc(Br)c(C[N+](=O)[O-])c1. The van der Waals surface area contributed by atoms with Gasteiger partial charge in [0.15, 0.2) is 0 Å². The lowest BCUT2D eigenvalue weighted by Gasteiger charge is -1.99. The van der Waals surface area contributed by atoms with Crippen LogP contribution in [0.4, 0.5) is 0 Å². The monoisotopic (exact) mass is 229 g/mol. The summed E-state index contributed by atoms with van der Waals surface area (Å²) in [6, 6.07) is 5.55. The van der Waals surface area contributed by atoms with E-state index in [2.05, 4.69) is 15.9 Å². The van der Waals surface area contributed by atoms with Crippen LogP contribution in [-0.4, -0.2) is 4.92 Å². The van der Waals surface area contributed by atoms with Crippen LogP contribution in [-0.2, 0) is 6.54 Å². The van der Waals surface area contributed by atoms with Crippen molar-refractivity contribution in [1.82, 2.24) is 0 Å². The smallest absolute Gasteiger partial charge is 0.230 e. The van der Waals surface area contributed by atoms with Crippen LogP contribution in [0.1, 0.15) is 11.1 Å². The van der Waals surface area contributed by atoms with Crippen LogP contribution in [0.15, 0.2) is 22.7 Å². The van der Waals surface area contributed by atoms with Crippen LogP contribution in [0.5, 0.6) is 0 Å².